The van der Waals surface area contributed by atoms with Gasteiger partial charge in [-0.05, 0) is 31.4 Å². The molecule has 1 heterocycles. The van der Waals surface area contributed by atoms with Crippen LogP contribution in [-0.4, -0.2) is 15.1 Å². The Morgan fingerprint density at radius 2 is 2.18 bits per heavy atom. The summed E-state index contributed by atoms with van der Waals surface area (Å²) < 4.78 is 0. The summed E-state index contributed by atoms with van der Waals surface area (Å²) in [4.78, 5) is 19.1. The van der Waals surface area contributed by atoms with Crippen LogP contribution in [0.4, 0.5) is 0 Å². The number of H-pyrrole nitrogens is 1. The average molecular weight is 228 g/mol. The predicted octanol–water partition coefficient (Wildman–Crippen LogP) is 1.63. The van der Waals surface area contributed by atoms with E-state index in [9.17, 15) is 9.90 Å². The molecule has 1 aromatic carbocycles. The molecule has 3 rings (SSSR count). The van der Waals surface area contributed by atoms with Gasteiger partial charge in [0.05, 0.1) is 5.69 Å². The first-order valence-corrected chi connectivity index (χ1v) is 5.65. The van der Waals surface area contributed by atoms with Gasteiger partial charge in [-0.3, -0.25) is 4.79 Å². The summed E-state index contributed by atoms with van der Waals surface area (Å²) in [6.07, 6.45) is 2.68. The number of hydrogen-bond acceptors (Lipinski definition) is 3. The van der Waals surface area contributed by atoms with E-state index in [1.165, 1.54) is 0 Å². The Balaban J connectivity index is 2.16. The van der Waals surface area contributed by atoms with E-state index in [-0.39, 0.29) is 11.3 Å². The van der Waals surface area contributed by atoms with E-state index in [1.807, 2.05) is 6.07 Å². The number of nitrogens with zero attached hydrogens (tertiary/aromatic N) is 1. The highest BCUT2D eigenvalue weighted by Gasteiger charge is 2.17. The first kappa shape index (κ1) is 10.1. The van der Waals surface area contributed by atoms with Gasteiger partial charge in [0, 0.05) is 11.1 Å². The van der Waals surface area contributed by atoms with Gasteiger partial charge in [0.15, 0.2) is 0 Å². The highest BCUT2D eigenvalue weighted by atomic mass is 16.3. The quantitative estimate of drug-likeness (QED) is 0.779. The molecule has 0 atom stereocenters. The minimum Gasteiger partial charge on any atom is -0.508 e. The Morgan fingerprint density at radius 3 is 3.00 bits per heavy atom. The third-order valence-corrected chi connectivity index (χ3v) is 3.06. The highest BCUT2D eigenvalue weighted by molar-refractivity contribution is 5.57. The van der Waals surface area contributed by atoms with Crippen molar-refractivity contribution in [2.45, 2.75) is 19.3 Å². The molecule has 1 aromatic heterocycles. The van der Waals surface area contributed by atoms with Crippen LogP contribution in [0, 0.1) is 0 Å². The summed E-state index contributed by atoms with van der Waals surface area (Å²) in [5.41, 5.74) is 2.39. The van der Waals surface area contributed by atoms with Crippen LogP contribution >= 0.6 is 0 Å². The maximum absolute atomic E-state index is 11.8. The Labute approximate surface area is 98.0 Å². The fraction of sp³-hybridized carbons (Fsp3) is 0.231. The zero-order chi connectivity index (χ0) is 11.8. The second-order valence-corrected chi connectivity index (χ2v) is 4.24. The SMILES string of the molecule is O=c1[nH]c(-c2cccc(O)c2)nc2c1CCC2. The number of benzene rings is 1. The number of aromatic hydroxyl groups is 1. The molecule has 0 saturated carbocycles. The fourth-order valence-electron chi connectivity index (χ4n) is 2.23. The van der Waals surface area contributed by atoms with E-state index >= 15 is 0 Å². The van der Waals surface area contributed by atoms with Gasteiger partial charge in [0.25, 0.3) is 5.56 Å². The molecule has 86 valence electrons. The number of hydrogen-bond donors (Lipinski definition) is 2. The Hall–Kier alpha value is -2.10. The standard InChI is InChI=1S/C13H12N2O2/c16-9-4-1-3-8(7-9)12-14-11-6-2-5-10(11)13(17)15-12/h1,3-4,7,16H,2,5-6H2,(H,14,15,17). The van der Waals surface area contributed by atoms with Crippen LogP contribution in [0.2, 0.25) is 0 Å². The molecule has 0 saturated heterocycles. The molecular weight excluding hydrogens is 216 g/mol. The zero-order valence-electron chi connectivity index (χ0n) is 9.23. The molecule has 0 fully saturated rings. The van der Waals surface area contributed by atoms with Crippen LogP contribution in [0.25, 0.3) is 11.4 Å². The van der Waals surface area contributed by atoms with Crippen molar-refractivity contribution in [3.8, 4) is 17.1 Å². The Morgan fingerprint density at radius 1 is 1.29 bits per heavy atom. The largest absolute Gasteiger partial charge is 0.508 e. The minimum atomic E-state index is -0.0501. The van der Waals surface area contributed by atoms with Crippen molar-refractivity contribution in [1.29, 1.82) is 0 Å². The fourth-order valence-corrected chi connectivity index (χ4v) is 2.23. The molecule has 4 heteroatoms. The number of aryl methyl sites for hydroxylation is 1. The van der Waals surface area contributed by atoms with Crippen LogP contribution < -0.4 is 5.56 Å². The molecule has 0 aliphatic heterocycles. The summed E-state index contributed by atoms with van der Waals surface area (Å²) in [7, 11) is 0. The van der Waals surface area contributed by atoms with E-state index in [0.29, 0.717) is 5.82 Å². The third-order valence-electron chi connectivity index (χ3n) is 3.06. The molecule has 17 heavy (non-hydrogen) atoms. The summed E-state index contributed by atoms with van der Waals surface area (Å²) in [5.74, 6) is 0.706. The topological polar surface area (TPSA) is 66.0 Å². The van der Waals surface area contributed by atoms with E-state index in [1.54, 1.807) is 18.2 Å². The lowest BCUT2D eigenvalue weighted by atomic mass is 10.2. The molecule has 0 bridgehead atoms. The molecule has 2 aromatic rings. The van der Waals surface area contributed by atoms with Gasteiger partial charge >= 0.3 is 0 Å². The number of fused-ring (bicyclic) bond motifs is 1. The monoisotopic (exact) mass is 228 g/mol. The van der Waals surface area contributed by atoms with Crippen LogP contribution in [0.3, 0.4) is 0 Å². The number of aromatic nitrogens is 2. The smallest absolute Gasteiger partial charge is 0.254 e. The molecule has 4 nitrogen and oxygen atoms in total. The van der Waals surface area contributed by atoms with E-state index in [4.69, 9.17) is 0 Å². The number of rotatable bonds is 1. The number of phenols is 1. The minimum absolute atomic E-state index is 0.0501. The maximum atomic E-state index is 11.8. The van der Waals surface area contributed by atoms with Crippen molar-refractivity contribution in [3.63, 3.8) is 0 Å². The van der Waals surface area contributed by atoms with Crippen molar-refractivity contribution in [2.24, 2.45) is 0 Å². The van der Waals surface area contributed by atoms with Gasteiger partial charge in [0.2, 0.25) is 0 Å². The van der Waals surface area contributed by atoms with Crippen LogP contribution in [0.1, 0.15) is 17.7 Å². The number of phenolic OH excluding ortho intramolecular Hbond substituents is 1. The van der Waals surface area contributed by atoms with Gasteiger partial charge in [-0.25, -0.2) is 4.98 Å². The average Bonchev–Trinajstić information content (AvgIpc) is 2.77. The van der Waals surface area contributed by atoms with Crippen LogP contribution in [0.5, 0.6) is 5.75 Å². The van der Waals surface area contributed by atoms with Crippen molar-refractivity contribution in [2.75, 3.05) is 0 Å². The van der Waals surface area contributed by atoms with Crippen molar-refractivity contribution < 1.29 is 5.11 Å². The lowest BCUT2D eigenvalue weighted by molar-refractivity contribution is 0.475. The maximum Gasteiger partial charge on any atom is 0.254 e. The second-order valence-electron chi connectivity index (χ2n) is 4.24. The molecule has 0 amide bonds. The lowest BCUT2D eigenvalue weighted by Crippen LogP contribution is -2.15. The van der Waals surface area contributed by atoms with Gasteiger partial charge in [-0.2, -0.15) is 0 Å². The van der Waals surface area contributed by atoms with Crippen LogP contribution in [-0.2, 0) is 12.8 Å². The van der Waals surface area contributed by atoms with Crippen LogP contribution in [0.15, 0.2) is 29.1 Å². The summed E-state index contributed by atoms with van der Waals surface area (Å²) >= 11 is 0. The van der Waals surface area contributed by atoms with E-state index < -0.39 is 0 Å². The molecule has 2 N–H and O–H groups in total. The first-order valence-electron chi connectivity index (χ1n) is 5.65. The lowest BCUT2D eigenvalue weighted by Gasteiger charge is -2.04. The molecular formula is C13H12N2O2. The van der Waals surface area contributed by atoms with Gasteiger partial charge in [-0.1, -0.05) is 12.1 Å². The van der Waals surface area contributed by atoms with Crippen molar-refractivity contribution in [3.05, 3.63) is 45.9 Å². The molecule has 0 spiro atoms. The van der Waals surface area contributed by atoms with E-state index in [0.717, 1.165) is 36.1 Å². The van der Waals surface area contributed by atoms with Crippen molar-refractivity contribution in [1.82, 2.24) is 9.97 Å². The second kappa shape index (κ2) is 3.73. The highest BCUT2D eigenvalue weighted by Crippen LogP contribution is 2.22. The number of nitrogens with one attached hydrogen (secondary N) is 1. The summed E-state index contributed by atoms with van der Waals surface area (Å²) in [6.45, 7) is 0. The Kier molecular flexibility index (Phi) is 2.21. The zero-order valence-corrected chi connectivity index (χ0v) is 9.23. The first-order chi connectivity index (χ1) is 8.24. The molecule has 0 radical (unpaired) electrons. The summed E-state index contributed by atoms with van der Waals surface area (Å²) in [5, 5.41) is 9.42. The molecule has 1 aliphatic rings. The number of aromatic amines is 1. The van der Waals surface area contributed by atoms with Gasteiger partial charge in [-0.15, -0.1) is 0 Å². The molecule has 0 unspecified atom stereocenters. The Bertz CT molecular complexity index is 632. The molecule has 1 aliphatic carbocycles. The van der Waals surface area contributed by atoms with Gasteiger partial charge < -0.3 is 10.1 Å². The predicted molar refractivity (Wildman–Crippen MR) is 64.0 cm³/mol. The van der Waals surface area contributed by atoms with Crippen molar-refractivity contribution >= 4 is 0 Å². The van der Waals surface area contributed by atoms with Gasteiger partial charge in [0.1, 0.15) is 11.6 Å². The van der Waals surface area contributed by atoms with E-state index in [2.05, 4.69) is 9.97 Å². The summed E-state index contributed by atoms with van der Waals surface area (Å²) in [6, 6.07) is 6.74. The normalized spacial score (nSPS) is 13.6. The third kappa shape index (κ3) is 1.71.